The monoisotopic (exact) mass is 448 g/mol. The molecular weight excluding hydrogens is 420 g/mol. The Morgan fingerprint density at radius 2 is 1.97 bits per heavy atom. The minimum absolute atomic E-state index is 0.0716. The van der Waals surface area contributed by atoms with Crippen LogP contribution in [0, 0.1) is 6.92 Å². The lowest BCUT2D eigenvalue weighted by molar-refractivity contribution is -0.126. The van der Waals surface area contributed by atoms with Gasteiger partial charge in [-0.2, -0.15) is 5.10 Å². The third kappa shape index (κ3) is 5.41. The number of furan rings is 1. The molecule has 0 spiro atoms. The van der Waals surface area contributed by atoms with E-state index in [1.54, 1.807) is 67.2 Å². The molecule has 172 valence electrons. The number of hydrogen-bond donors (Lipinski definition) is 1. The molecule has 0 aliphatic rings. The van der Waals surface area contributed by atoms with Crippen LogP contribution in [0.3, 0.4) is 0 Å². The summed E-state index contributed by atoms with van der Waals surface area (Å²) < 4.78 is 12.9. The van der Waals surface area contributed by atoms with Crippen LogP contribution in [0.1, 0.15) is 33.4 Å². The van der Waals surface area contributed by atoms with Crippen LogP contribution >= 0.6 is 0 Å². The number of aromatic nitrogens is 2. The summed E-state index contributed by atoms with van der Waals surface area (Å²) in [6.45, 7) is 9.68. The predicted molar refractivity (Wildman–Crippen MR) is 125 cm³/mol. The third-order valence-corrected chi connectivity index (χ3v) is 4.99. The number of nitrogens with one attached hydrogen (secondary N) is 1. The molecular formula is C25H28N4O4. The molecule has 0 saturated heterocycles. The number of carbonyl (C=O) groups is 2. The van der Waals surface area contributed by atoms with Gasteiger partial charge in [0.05, 0.1) is 24.1 Å². The second-order valence-electron chi connectivity index (χ2n) is 7.34. The van der Waals surface area contributed by atoms with E-state index in [0.29, 0.717) is 28.5 Å². The summed E-state index contributed by atoms with van der Waals surface area (Å²) in [5.74, 6) is 0.210. The molecule has 0 saturated carbocycles. The maximum Gasteiger partial charge on any atom is 0.255 e. The van der Waals surface area contributed by atoms with E-state index in [0.717, 1.165) is 0 Å². The Morgan fingerprint density at radius 3 is 2.61 bits per heavy atom. The highest BCUT2D eigenvalue weighted by atomic mass is 16.5. The fraction of sp³-hybridized carbons (Fsp3) is 0.240. The van der Waals surface area contributed by atoms with Crippen molar-refractivity contribution in [3.05, 3.63) is 96.6 Å². The molecule has 0 aliphatic heterocycles. The zero-order chi connectivity index (χ0) is 23.8. The average Bonchev–Trinajstić information content (AvgIpc) is 3.43. The maximum absolute atomic E-state index is 13.7. The van der Waals surface area contributed by atoms with Crippen LogP contribution in [0.5, 0.6) is 5.88 Å². The summed E-state index contributed by atoms with van der Waals surface area (Å²) in [6.07, 6.45) is 4.71. The molecule has 8 nitrogen and oxygen atoms in total. The lowest BCUT2D eigenvalue weighted by Crippen LogP contribution is -2.43. The number of carbonyl (C=O) groups excluding carboxylic acids is 2. The van der Waals surface area contributed by atoms with Gasteiger partial charge in [0.15, 0.2) is 0 Å². The van der Waals surface area contributed by atoms with Crippen molar-refractivity contribution in [1.82, 2.24) is 20.0 Å². The molecule has 1 aromatic carbocycles. The molecule has 3 rings (SSSR count). The fourth-order valence-electron chi connectivity index (χ4n) is 3.57. The summed E-state index contributed by atoms with van der Waals surface area (Å²) in [4.78, 5) is 28.7. The van der Waals surface area contributed by atoms with Crippen molar-refractivity contribution in [2.45, 2.75) is 19.5 Å². The summed E-state index contributed by atoms with van der Waals surface area (Å²) in [6, 6.07) is 11.3. The lowest BCUT2D eigenvalue weighted by atomic mass is 10.0. The minimum atomic E-state index is -1.03. The summed E-state index contributed by atoms with van der Waals surface area (Å²) in [5.41, 5.74) is 1.51. The zero-order valence-electron chi connectivity index (χ0n) is 18.9. The summed E-state index contributed by atoms with van der Waals surface area (Å²) in [5, 5.41) is 7.28. The largest absolute Gasteiger partial charge is 0.473 e. The van der Waals surface area contributed by atoms with Crippen molar-refractivity contribution in [3.63, 3.8) is 0 Å². The van der Waals surface area contributed by atoms with E-state index in [1.807, 2.05) is 6.07 Å². The fourth-order valence-corrected chi connectivity index (χ4v) is 3.57. The molecule has 0 radical (unpaired) electrons. The van der Waals surface area contributed by atoms with Crippen LogP contribution in [0.25, 0.3) is 0 Å². The summed E-state index contributed by atoms with van der Waals surface area (Å²) in [7, 11) is 1.73. The maximum atomic E-state index is 13.7. The molecule has 1 N–H and O–H groups in total. The Labute approximate surface area is 193 Å². The van der Waals surface area contributed by atoms with Crippen LogP contribution in [-0.2, 0) is 18.4 Å². The van der Waals surface area contributed by atoms with Crippen molar-refractivity contribution in [2.24, 2.45) is 7.05 Å². The molecule has 1 unspecified atom stereocenters. The van der Waals surface area contributed by atoms with Gasteiger partial charge in [-0.3, -0.25) is 9.59 Å². The number of amides is 2. The number of rotatable bonds is 11. The van der Waals surface area contributed by atoms with Gasteiger partial charge < -0.3 is 19.4 Å². The molecule has 1 atom stereocenters. The van der Waals surface area contributed by atoms with Gasteiger partial charge >= 0.3 is 0 Å². The highest BCUT2D eigenvalue weighted by molar-refractivity contribution is 5.98. The average molecular weight is 449 g/mol. The smallest absolute Gasteiger partial charge is 0.255 e. The van der Waals surface area contributed by atoms with Crippen molar-refractivity contribution in [2.75, 3.05) is 13.2 Å². The lowest BCUT2D eigenvalue weighted by Gasteiger charge is -2.31. The standard InChI is InChI=1S/C25H28N4O4/c1-5-14-26-23(30)22(21-18(3)27-28(4)25(21)33-15-6-2)29(17-20-13-10-16-32-20)24(31)19-11-8-7-9-12-19/h5-13,16,22H,1-2,14-15,17H2,3-4H3,(H,26,30). The Bertz CT molecular complexity index is 1100. The molecule has 2 amide bonds. The van der Waals surface area contributed by atoms with Crippen molar-refractivity contribution < 1.29 is 18.7 Å². The number of hydrogen-bond acceptors (Lipinski definition) is 5. The first-order valence-electron chi connectivity index (χ1n) is 10.5. The van der Waals surface area contributed by atoms with Crippen molar-refractivity contribution >= 4 is 11.8 Å². The van der Waals surface area contributed by atoms with Crippen LogP contribution in [0.4, 0.5) is 0 Å². The molecule has 0 fully saturated rings. The van der Waals surface area contributed by atoms with Crippen LogP contribution in [0.2, 0.25) is 0 Å². The van der Waals surface area contributed by atoms with Gasteiger partial charge in [-0.05, 0) is 31.2 Å². The van der Waals surface area contributed by atoms with Gasteiger partial charge in [0.25, 0.3) is 5.91 Å². The number of aryl methyl sites for hydroxylation is 2. The predicted octanol–water partition coefficient (Wildman–Crippen LogP) is 3.57. The van der Waals surface area contributed by atoms with Gasteiger partial charge in [-0.15, -0.1) is 6.58 Å². The van der Waals surface area contributed by atoms with Gasteiger partial charge in [0, 0.05) is 19.2 Å². The van der Waals surface area contributed by atoms with E-state index in [1.165, 1.54) is 11.2 Å². The molecule has 0 aliphatic carbocycles. The van der Waals surface area contributed by atoms with E-state index in [9.17, 15) is 9.59 Å². The van der Waals surface area contributed by atoms with E-state index >= 15 is 0 Å². The Balaban J connectivity index is 2.16. The highest BCUT2D eigenvalue weighted by Crippen LogP contribution is 2.34. The van der Waals surface area contributed by atoms with E-state index in [-0.39, 0.29) is 31.5 Å². The normalized spacial score (nSPS) is 11.5. The Hall–Kier alpha value is -4.07. The Morgan fingerprint density at radius 1 is 1.21 bits per heavy atom. The van der Waals surface area contributed by atoms with E-state index in [2.05, 4.69) is 23.6 Å². The molecule has 3 aromatic rings. The van der Waals surface area contributed by atoms with Gasteiger partial charge in [-0.1, -0.05) is 36.9 Å². The third-order valence-electron chi connectivity index (χ3n) is 4.99. The molecule has 0 bridgehead atoms. The quantitative estimate of drug-likeness (QED) is 0.453. The topological polar surface area (TPSA) is 89.6 Å². The van der Waals surface area contributed by atoms with Crippen LogP contribution in [-0.4, -0.2) is 39.6 Å². The van der Waals surface area contributed by atoms with Crippen molar-refractivity contribution in [3.8, 4) is 5.88 Å². The first-order chi connectivity index (χ1) is 16.0. The van der Waals surface area contributed by atoms with Gasteiger partial charge in [0.2, 0.25) is 11.8 Å². The van der Waals surface area contributed by atoms with E-state index in [4.69, 9.17) is 9.15 Å². The van der Waals surface area contributed by atoms with E-state index < -0.39 is 6.04 Å². The molecule has 33 heavy (non-hydrogen) atoms. The number of ether oxygens (including phenoxy) is 1. The van der Waals surface area contributed by atoms with Gasteiger partial charge in [-0.25, -0.2) is 4.68 Å². The van der Waals surface area contributed by atoms with Crippen LogP contribution < -0.4 is 10.1 Å². The first kappa shape index (κ1) is 23.6. The van der Waals surface area contributed by atoms with Gasteiger partial charge in [0.1, 0.15) is 18.4 Å². The summed E-state index contributed by atoms with van der Waals surface area (Å²) >= 11 is 0. The minimum Gasteiger partial charge on any atom is -0.473 e. The number of benzene rings is 1. The molecule has 2 heterocycles. The zero-order valence-corrected chi connectivity index (χ0v) is 18.9. The SMILES string of the molecule is C=CCNC(=O)C(c1c(C)nn(C)c1OCC=C)N(Cc1ccco1)C(=O)c1ccccc1. The Kier molecular flexibility index (Phi) is 7.86. The second kappa shape index (κ2) is 11.0. The highest BCUT2D eigenvalue weighted by Gasteiger charge is 2.37. The molecule has 2 aromatic heterocycles. The molecule has 8 heteroatoms. The van der Waals surface area contributed by atoms with Crippen LogP contribution in [0.15, 0.2) is 78.5 Å². The first-order valence-corrected chi connectivity index (χ1v) is 10.5. The number of nitrogens with zero attached hydrogens (tertiary/aromatic N) is 3. The van der Waals surface area contributed by atoms with Crippen molar-refractivity contribution in [1.29, 1.82) is 0 Å². The second-order valence-corrected chi connectivity index (χ2v) is 7.34.